The van der Waals surface area contributed by atoms with Crippen molar-refractivity contribution in [3.8, 4) is 0 Å². The van der Waals surface area contributed by atoms with E-state index in [4.69, 9.17) is 15.9 Å². The molecule has 5 nitrogen and oxygen atoms in total. The van der Waals surface area contributed by atoms with Crippen LogP contribution in [0.4, 0.5) is 0 Å². The summed E-state index contributed by atoms with van der Waals surface area (Å²) >= 11 is 0. The molecule has 0 bridgehead atoms. The Balaban J connectivity index is 2.15. The van der Waals surface area contributed by atoms with Crippen LogP contribution < -0.4 is 5.73 Å². The fraction of sp³-hybridized carbons (Fsp3) is 0.714. The third-order valence-electron chi connectivity index (χ3n) is 3.11. The number of carboxylic acids is 2. The lowest BCUT2D eigenvalue weighted by Crippen LogP contribution is -2.36. The Kier molecular flexibility index (Phi) is 1.03. The van der Waals surface area contributed by atoms with Gasteiger partial charge in [-0.1, -0.05) is 0 Å². The number of carbonyl (C=O) groups is 2. The van der Waals surface area contributed by atoms with Crippen LogP contribution in [0.3, 0.4) is 0 Å². The highest BCUT2D eigenvalue weighted by Crippen LogP contribution is 2.75. The molecule has 3 atom stereocenters. The molecular formula is C7H9NO4. The van der Waals surface area contributed by atoms with Crippen molar-refractivity contribution in [1.82, 2.24) is 0 Å². The molecule has 1 spiro atoms. The van der Waals surface area contributed by atoms with Gasteiger partial charge in [-0.05, 0) is 12.8 Å². The molecule has 66 valence electrons. The summed E-state index contributed by atoms with van der Waals surface area (Å²) in [5.41, 5.74) is 3.63. The number of nitrogens with two attached hydrogens (primary N) is 1. The maximum absolute atomic E-state index is 10.6. The smallest absolute Gasteiger partial charge is 0.324 e. The lowest BCUT2D eigenvalue weighted by Gasteiger charge is -2.01. The van der Waals surface area contributed by atoms with Crippen molar-refractivity contribution in [2.45, 2.75) is 18.4 Å². The van der Waals surface area contributed by atoms with Crippen molar-refractivity contribution in [3.05, 3.63) is 0 Å². The summed E-state index contributed by atoms with van der Waals surface area (Å²) in [4.78, 5) is 21.1. The summed E-state index contributed by atoms with van der Waals surface area (Å²) in [6.07, 6.45) is 0.734. The average Bonchev–Trinajstić information content (AvgIpc) is 2.75. The van der Waals surface area contributed by atoms with Crippen LogP contribution in [0, 0.1) is 11.3 Å². The molecule has 0 aromatic rings. The maximum atomic E-state index is 10.6. The Morgan fingerprint density at radius 1 is 1.42 bits per heavy atom. The molecule has 4 N–H and O–H groups in total. The molecule has 0 heterocycles. The van der Waals surface area contributed by atoms with E-state index in [-0.39, 0.29) is 0 Å². The van der Waals surface area contributed by atoms with Gasteiger partial charge >= 0.3 is 11.9 Å². The second kappa shape index (κ2) is 1.64. The largest absolute Gasteiger partial charge is 0.481 e. The van der Waals surface area contributed by atoms with Gasteiger partial charge in [0.2, 0.25) is 0 Å². The quantitative estimate of drug-likeness (QED) is 0.508. The zero-order valence-corrected chi connectivity index (χ0v) is 6.28. The van der Waals surface area contributed by atoms with Gasteiger partial charge < -0.3 is 15.9 Å². The van der Waals surface area contributed by atoms with E-state index < -0.39 is 28.8 Å². The first kappa shape index (κ1) is 7.54. The van der Waals surface area contributed by atoms with E-state index in [1.165, 1.54) is 0 Å². The number of hydrogen-bond donors (Lipinski definition) is 3. The van der Waals surface area contributed by atoms with E-state index in [0.717, 1.165) is 0 Å². The molecule has 0 aromatic carbocycles. The molecule has 2 rings (SSSR count). The molecule has 2 aliphatic carbocycles. The zero-order valence-electron chi connectivity index (χ0n) is 6.28. The highest BCUT2D eigenvalue weighted by Gasteiger charge is 2.84. The third kappa shape index (κ3) is 0.582. The monoisotopic (exact) mass is 171 g/mol. The molecule has 12 heavy (non-hydrogen) atoms. The molecule has 0 aliphatic heterocycles. The molecule has 0 amide bonds. The Bertz CT molecular complexity index is 289. The highest BCUT2D eigenvalue weighted by molar-refractivity contribution is 5.90. The predicted molar refractivity (Wildman–Crippen MR) is 37.3 cm³/mol. The van der Waals surface area contributed by atoms with Gasteiger partial charge in [0.15, 0.2) is 0 Å². The SMILES string of the molecule is NC1(C(=O)O)CC12CC2C(=O)O. The standard InChI is InChI=1S/C7H9NO4/c8-7(5(11)12)2-6(7)1-3(6)4(9)10/h3H,1-2,8H2,(H,9,10)(H,11,12). The van der Waals surface area contributed by atoms with E-state index in [9.17, 15) is 9.59 Å². The second-order valence-corrected chi connectivity index (χ2v) is 3.70. The van der Waals surface area contributed by atoms with Crippen LogP contribution in [0.5, 0.6) is 0 Å². The normalized spacial score (nSPS) is 48.9. The minimum atomic E-state index is -1.25. The van der Waals surface area contributed by atoms with Crippen LogP contribution in [0.15, 0.2) is 0 Å². The Labute approximate surface area is 68.2 Å². The van der Waals surface area contributed by atoms with Crippen LogP contribution in [-0.2, 0) is 9.59 Å². The molecule has 5 heteroatoms. The van der Waals surface area contributed by atoms with Crippen LogP contribution in [-0.4, -0.2) is 27.7 Å². The summed E-state index contributed by atoms with van der Waals surface area (Å²) in [7, 11) is 0. The number of carboxylic acid groups (broad SMARTS) is 2. The Hall–Kier alpha value is -1.10. The fourth-order valence-corrected chi connectivity index (χ4v) is 2.06. The fourth-order valence-electron chi connectivity index (χ4n) is 2.06. The summed E-state index contributed by atoms with van der Waals surface area (Å²) in [6.45, 7) is 0. The minimum Gasteiger partial charge on any atom is -0.481 e. The lowest BCUT2D eigenvalue weighted by atomic mass is 10.1. The van der Waals surface area contributed by atoms with Gasteiger partial charge in [0.05, 0.1) is 5.92 Å². The molecule has 0 aromatic heterocycles. The molecule has 2 saturated carbocycles. The Morgan fingerprint density at radius 2 is 2.00 bits per heavy atom. The van der Waals surface area contributed by atoms with E-state index in [0.29, 0.717) is 12.8 Å². The van der Waals surface area contributed by atoms with Crippen LogP contribution in [0.2, 0.25) is 0 Å². The maximum Gasteiger partial charge on any atom is 0.324 e. The van der Waals surface area contributed by atoms with Crippen molar-refractivity contribution in [2.24, 2.45) is 17.1 Å². The van der Waals surface area contributed by atoms with Crippen molar-refractivity contribution >= 4 is 11.9 Å². The van der Waals surface area contributed by atoms with E-state index in [1.807, 2.05) is 0 Å². The van der Waals surface area contributed by atoms with Crippen molar-refractivity contribution in [2.75, 3.05) is 0 Å². The number of rotatable bonds is 2. The first-order chi connectivity index (χ1) is 5.44. The molecular weight excluding hydrogens is 162 g/mol. The Morgan fingerprint density at radius 3 is 2.25 bits per heavy atom. The van der Waals surface area contributed by atoms with Crippen LogP contribution in [0.25, 0.3) is 0 Å². The summed E-state index contributed by atoms with van der Waals surface area (Å²) in [6, 6.07) is 0. The number of aliphatic carboxylic acids is 2. The van der Waals surface area contributed by atoms with E-state index in [2.05, 4.69) is 0 Å². The van der Waals surface area contributed by atoms with Gasteiger partial charge in [0.1, 0.15) is 5.54 Å². The molecule has 3 unspecified atom stereocenters. The summed E-state index contributed by atoms with van der Waals surface area (Å²) in [5, 5.41) is 17.3. The predicted octanol–water partition coefficient (Wildman–Crippen LogP) is -0.737. The molecule has 2 fully saturated rings. The third-order valence-corrected chi connectivity index (χ3v) is 3.11. The van der Waals surface area contributed by atoms with Crippen molar-refractivity contribution in [1.29, 1.82) is 0 Å². The zero-order chi connectivity index (χ0) is 9.15. The molecule has 2 aliphatic rings. The second-order valence-electron chi connectivity index (χ2n) is 3.70. The molecule has 0 saturated heterocycles. The summed E-state index contributed by atoms with van der Waals surface area (Å²) in [5.74, 6) is -2.53. The minimum absolute atomic E-state index is 0.312. The first-order valence-electron chi connectivity index (χ1n) is 3.69. The molecule has 0 radical (unpaired) electrons. The van der Waals surface area contributed by atoms with Crippen molar-refractivity contribution < 1.29 is 19.8 Å². The lowest BCUT2D eigenvalue weighted by molar-refractivity contribution is -0.140. The number of hydrogen-bond acceptors (Lipinski definition) is 3. The van der Waals surface area contributed by atoms with Crippen molar-refractivity contribution in [3.63, 3.8) is 0 Å². The van der Waals surface area contributed by atoms with Gasteiger partial charge in [-0.2, -0.15) is 0 Å². The summed E-state index contributed by atoms with van der Waals surface area (Å²) < 4.78 is 0. The average molecular weight is 171 g/mol. The van der Waals surface area contributed by atoms with E-state index >= 15 is 0 Å². The van der Waals surface area contributed by atoms with E-state index in [1.54, 1.807) is 0 Å². The van der Waals surface area contributed by atoms with Gasteiger partial charge in [-0.25, -0.2) is 0 Å². The topological polar surface area (TPSA) is 101 Å². The van der Waals surface area contributed by atoms with Crippen LogP contribution >= 0.6 is 0 Å². The van der Waals surface area contributed by atoms with Gasteiger partial charge in [-0.3, -0.25) is 9.59 Å². The van der Waals surface area contributed by atoms with Gasteiger partial charge in [0, 0.05) is 5.41 Å². The first-order valence-corrected chi connectivity index (χ1v) is 3.69. The van der Waals surface area contributed by atoms with Gasteiger partial charge in [-0.15, -0.1) is 0 Å². The van der Waals surface area contributed by atoms with Gasteiger partial charge in [0.25, 0.3) is 0 Å². The van der Waals surface area contributed by atoms with Crippen LogP contribution in [0.1, 0.15) is 12.8 Å². The highest BCUT2D eigenvalue weighted by atomic mass is 16.4.